The standard InChI is InChI=1S/C12H19N3/c13-8-10-12(9-4-1-2-5-9)11-6-3-7-15(11)14-10/h9H,1-8,13H2. The predicted molar refractivity (Wildman–Crippen MR) is 59.6 cm³/mol. The fourth-order valence-corrected chi connectivity index (χ4v) is 3.25. The highest BCUT2D eigenvalue weighted by atomic mass is 15.3. The third-order valence-corrected chi connectivity index (χ3v) is 3.92. The van der Waals surface area contributed by atoms with E-state index in [9.17, 15) is 0 Å². The normalized spacial score (nSPS) is 21.1. The summed E-state index contributed by atoms with van der Waals surface area (Å²) in [6.45, 7) is 1.72. The number of nitrogens with zero attached hydrogens (tertiary/aromatic N) is 2. The largest absolute Gasteiger partial charge is 0.325 e. The Morgan fingerprint density at radius 1 is 1.27 bits per heavy atom. The van der Waals surface area contributed by atoms with Gasteiger partial charge in [0.2, 0.25) is 0 Å². The molecule has 1 aromatic heterocycles. The van der Waals surface area contributed by atoms with E-state index in [-0.39, 0.29) is 0 Å². The molecule has 3 rings (SSSR count). The maximum absolute atomic E-state index is 5.80. The highest BCUT2D eigenvalue weighted by Crippen LogP contribution is 2.39. The van der Waals surface area contributed by atoms with Crippen LogP contribution in [0.5, 0.6) is 0 Å². The second kappa shape index (κ2) is 3.63. The van der Waals surface area contributed by atoms with Crippen LogP contribution in [0.3, 0.4) is 0 Å². The van der Waals surface area contributed by atoms with E-state index in [1.54, 1.807) is 0 Å². The molecule has 0 aromatic carbocycles. The molecule has 0 spiro atoms. The minimum atomic E-state index is 0.617. The van der Waals surface area contributed by atoms with E-state index in [1.807, 2.05) is 0 Å². The Balaban J connectivity index is 2.02. The SMILES string of the molecule is NCc1nn2c(c1C1CCCC1)CCC2. The molecule has 1 aromatic rings. The van der Waals surface area contributed by atoms with Crippen molar-refractivity contribution in [3.05, 3.63) is 17.0 Å². The zero-order valence-corrected chi connectivity index (χ0v) is 9.21. The average Bonchev–Trinajstić information content (AvgIpc) is 2.92. The topological polar surface area (TPSA) is 43.8 Å². The molecule has 82 valence electrons. The van der Waals surface area contributed by atoms with Crippen LogP contribution in [0.2, 0.25) is 0 Å². The molecule has 0 amide bonds. The van der Waals surface area contributed by atoms with Crippen molar-refractivity contribution in [2.45, 2.75) is 57.5 Å². The van der Waals surface area contributed by atoms with Crippen molar-refractivity contribution in [1.82, 2.24) is 9.78 Å². The maximum atomic E-state index is 5.80. The maximum Gasteiger partial charge on any atom is 0.0797 e. The Morgan fingerprint density at radius 3 is 2.80 bits per heavy atom. The molecule has 2 aliphatic rings. The van der Waals surface area contributed by atoms with Crippen molar-refractivity contribution >= 4 is 0 Å². The van der Waals surface area contributed by atoms with Crippen LogP contribution in [0.1, 0.15) is 55.0 Å². The fraction of sp³-hybridized carbons (Fsp3) is 0.750. The van der Waals surface area contributed by atoms with E-state index in [0.717, 1.165) is 12.5 Å². The molecular weight excluding hydrogens is 186 g/mol. The van der Waals surface area contributed by atoms with E-state index < -0.39 is 0 Å². The van der Waals surface area contributed by atoms with Gasteiger partial charge in [0.25, 0.3) is 0 Å². The number of aromatic nitrogens is 2. The van der Waals surface area contributed by atoms with E-state index in [4.69, 9.17) is 5.73 Å². The van der Waals surface area contributed by atoms with Crippen molar-refractivity contribution < 1.29 is 0 Å². The Morgan fingerprint density at radius 2 is 2.07 bits per heavy atom. The lowest BCUT2D eigenvalue weighted by Gasteiger charge is -2.10. The van der Waals surface area contributed by atoms with E-state index >= 15 is 0 Å². The molecule has 0 unspecified atom stereocenters. The first kappa shape index (κ1) is 9.40. The molecule has 1 saturated carbocycles. The second-order valence-corrected chi connectivity index (χ2v) is 4.82. The van der Waals surface area contributed by atoms with Crippen LogP contribution in [-0.2, 0) is 19.5 Å². The van der Waals surface area contributed by atoms with Gasteiger partial charge < -0.3 is 5.73 Å². The van der Waals surface area contributed by atoms with Gasteiger partial charge in [0.1, 0.15) is 0 Å². The Bertz CT molecular complexity index is 361. The zero-order valence-electron chi connectivity index (χ0n) is 9.21. The first-order valence-electron chi connectivity index (χ1n) is 6.18. The number of hydrogen-bond acceptors (Lipinski definition) is 2. The minimum Gasteiger partial charge on any atom is -0.325 e. The summed E-state index contributed by atoms with van der Waals surface area (Å²) in [4.78, 5) is 0. The van der Waals surface area contributed by atoms with Gasteiger partial charge in [-0.15, -0.1) is 0 Å². The lowest BCUT2D eigenvalue weighted by molar-refractivity contribution is 0.643. The number of rotatable bonds is 2. The van der Waals surface area contributed by atoms with Crippen LogP contribution >= 0.6 is 0 Å². The van der Waals surface area contributed by atoms with Crippen molar-refractivity contribution in [1.29, 1.82) is 0 Å². The van der Waals surface area contributed by atoms with Crippen molar-refractivity contribution in [3.8, 4) is 0 Å². The Kier molecular flexibility index (Phi) is 2.28. The lowest BCUT2D eigenvalue weighted by atomic mass is 9.94. The van der Waals surface area contributed by atoms with Crippen LogP contribution in [0.4, 0.5) is 0 Å². The van der Waals surface area contributed by atoms with Gasteiger partial charge in [-0.3, -0.25) is 4.68 Å². The van der Waals surface area contributed by atoms with Crippen molar-refractivity contribution in [2.75, 3.05) is 0 Å². The van der Waals surface area contributed by atoms with Gasteiger partial charge in [0, 0.05) is 24.3 Å². The van der Waals surface area contributed by atoms with E-state index in [1.165, 1.54) is 55.5 Å². The molecule has 2 N–H and O–H groups in total. The van der Waals surface area contributed by atoms with Crippen molar-refractivity contribution in [2.24, 2.45) is 5.73 Å². The number of nitrogens with two attached hydrogens (primary N) is 1. The molecule has 0 saturated heterocycles. The summed E-state index contributed by atoms with van der Waals surface area (Å²) >= 11 is 0. The van der Waals surface area contributed by atoms with Gasteiger partial charge >= 0.3 is 0 Å². The number of hydrogen-bond donors (Lipinski definition) is 1. The quantitative estimate of drug-likeness (QED) is 0.802. The minimum absolute atomic E-state index is 0.617. The molecule has 2 heterocycles. The molecule has 15 heavy (non-hydrogen) atoms. The summed E-state index contributed by atoms with van der Waals surface area (Å²) in [5, 5.41) is 4.65. The van der Waals surface area contributed by atoms with Crippen LogP contribution in [0.15, 0.2) is 0 Å². The van der Waals surface area contributed by atoms with Gasteiger partial charge in [-0.25, -0.2) is 0 Å². The first-order chi connectivity index (χ1) is 7.40. The van der Waals surface area contributed by atoms with E-state index in [0.29, 0.717) is 6.54 Å². The van der Waals surface area contributed by atoms with Crippen LogP contribution in [-0.4, -0.2) is 9.78 Å². The molecule has 0 radical (unpaired) electrons. The Labute approximate surface area is 90.7 Å². The summed E-state index contributed by atoms with van der Waals surface area (Å²) in [7, 11) is 0. The summed E-state index contributed by atoms with van der Waals surface area (Å²) in [6.07, 6.45) is 7.97. The molecule has 0 atom stereocenters. The van der Waals surface area contributed by atoms with Gasteiger partial charge in [0.15, 0.2) is 0 Å². The molecule has 0 bridgehead atoms. The summed E-state index contributed by atoms with van der Waals surface area (Å²) < 4.78 is 2.20. The highest BCUT2D eigenvalue weighted by Gasteiger charge is 2.28. The van der Waals surface area contributed by atoms with Gasteiger partial charge in [-0.1, -0.05) is 12.8 Å². The van der Waals surface area contributed by atoms with Gasteiger partial charge in [-0.2, -0.15) is 5.10 Å². The first-order valence-corrected chi connectivity index (χ1v) is 6.18. The summed E-state index contributed by atoms with van der Waals surface area (Å²) in [5.74, 6) is 0.769. The molecular formula is C12H19N3. The summed E-state index contributed by atoms with van der Waals surface area (Å²) in [6, 6.07) is 0. The van der Waals surface area contributed by atoms with Crippen LogP contribution in [0, 0.1) is 0 Å². The highest BCUT2D eigenvalue weighted by molar-refractivity contribution is 5.32. The Hall–Kier alpha value is -0.830. The fourth-order valence-electron chi connectivity index (χ4n) is 3.25. The molecule has 1 fully saturated rings. The number of aryl methyl sites for hydroxylation is 1. The lowest BCUT2D eigenvalue weighted by Crippen LogP contribution is -2.05. The van der Waals surface area contributed by atoms with E-state index in [2.05, 4.69) is 9.78 Å². The molecule has 3 heteroatoms. The molecule has 3 nitrogen and oxygen atoms in total. The predicted octanol–water partition coefficient (Wildman–Crippen LogP) is 1.95. The van der Waals surface area contributed by atoms with Crippen molar-refractivity contribution in [3.63, 3.8) is 0 Å². The number of fused-ring (bicyclic) bond motifs is 1. The van der Waals surface area contributed by atoms with Crippen LogP contribution in [0.25, 0.3) is 0 Å². The second-order valence-electron chi connectivity index (χ2n) is 4.82. The van der Waals surface area contributed by atoms with Crippen LogP contribution < -0.4 is 5.73 Å². The van der Waals surface area contributed by atoms with Gasteiger partial charge in [0.05, 0.1) is 5.69 Å². The van der Waals surface area contributed by atoms with Gasteiger partial charge in [-0.05, 0) is 31.6 Å². The monoisotopic (exact) mass is 205 g/mol. The average molecular weight is 205 g/mol. The molecule has 1 aliphatic heterocycles. The zero-order chi connectivity index (χ0) is 10.3. The third kappa shape index (κ3) is 1.41. The molecule has 1 aliphatic carbocycles. The smallest absolute Gasteiger partial charge is 0.0797 e. The third-order valence-electron chi connectivity index (χ3n) is 3.92. The summed E-state index contributed by atoms with van der Waals surface area (Å²) in [5.41, 5.74) is 10.0.